The van der Waals surface area contributed by atoms with E-state index >= 15 is 0 Å². The summed E-state index contributed by atoms with van der Waals surface area (Å²) in [7, 11) is 1.88. The first-order valence-corrected chi connectivity index (χ1v) is 11.1. The Morgan fingerprint density at radius 2 is 1.70 bits per heavy atom. The highest BCUT2D eigenvalue weighted by Crippen LogP contribution is 2.20. The molecule has 2 aliphatic heterocycles. The van der Waals surface area contributed by atoms with Gasteiger partial charge in [-0.3, -0.25) is 9.89 Å². The largest absolute Gasteiger partial charge is 0.379 e. The van der Waals surface area contributed by atoms with Gasteiger partial charge in [-0.1, -0.05) is 26.7 Å². The summed E-state index contributed by atoms with van der Waals surface area (Å²) in [6, 6.07) is 2.38. The highest BCUT2D eigenvalue weighted by atomic mass is 127. The van der Waals surface area contributed by atoms with Crippen molar-refractivity contribution in [2.75, 3.05) is 71.0 Å². The first kappa shape index (κ1) is 25.1. The van der Waals surface area contributed by atoms with Crippen LogP contribution in [0.25, 0.3) is 0 Å². The molecule has 0 saturated carbocycles. The Hall–Kier alpha value is -1.20. The third-order valence-electron chi connectivity index (χ3n) is 6.20. The number of guanidine groups is 1. The van der Waals surface area contributed by atoms with Crippen LogP contribution in [-0.2, 0) is 4.74 Å². The van der Waals surface area contributed by atoms with Crippen molar-refractivity contribution in [1.29, 1.82) is 0 Å². The van der Waals surface area contributed by atoms with Crippen molar-refractivity contribution in [3.63, 3.8) is 0 Å². The number of morpholine rings is 1. The van der Waals surface area contributed by atoms with Gasteiger partial charge in [0, 0.05) is 71.3 Å². The third-order valence-corrected chi connectivity index (χ3v) is 6.20. The predicted molar refractivity (Wildman–Crippen MR) is 133 cm³/mol. The van der Waals surface area contributed by atoms with Crippen LogP contribution in [0.2, 0.25) is 0 Å². The van der Waals surface area contributed by atoms with E-state index < -0.39 is 0 Å². The number of anilines is 1. The summed E-state index contributed by atoms with van der Waals surface area (Å²) in [5, 5.41) is 3.68. The summed E-state index contributed by atoms with van der Waals surface area (Å²) >= 11 is 0. The lowest BCUT2D eigenvalue weighted by atomic mass is 9.92. The average molecular weight is 531 g/mol. The van der Waals surface area contributed by atoms with Gasteiger partial charge in [-0.15, -0.1) is 24.0 Å². The van der Waals surface area contributed by atoms with E-state index in [4.69, 9.17) is 4.74 Å². The molecule has 1 N–H and O–H groups in total. The topological polar surface area (TPSA) is 69.1 Å². The van der Waals surface area contributed by atoms with Crippen molar-refractivity contribution in [3.05, 3.63) is 18.5 Å². The van der Waals surface area contributed by atoms with E-state index in [0.717, 1.165) is 70.9 Å². The zero-order valence-electron chi connectivity index (χ0n) is 18.7. The Morgan fingerprint density at radius 1 is 1.07 bits per heavy atom. The molecule has 8 nitrogen and oxygen atoms in total. The van der Waals surface area contributed by atoms with Gasteiger partial charge >= 0.3 is 0 Å². The minimum Gasteiger partial charge on any atom is -0.379 e. The van der Waals surface area contributed by atoms with Gasteiger partial charge in [0.15, 0.2) is 5.96 Å². The lowest BCUT2D eigenvalue weighted by Crippen LogP contribution is -2.56. The van der Waals surface area contributed by atoms with Crippen molar-refractivity contribution in [3.8, 4) is 0 Å². The minimum atomic E-state index is 0. The van der Waals surface area contributed by atoms with Crippen LogP contribution in [0.3, 0.4) is 0 Å². The van der Waals surface area contributed by atoms with Crippen LogP contribution < -0.4 is 10.2 Å². The van der Waals surface area contributed by atoms with E-state index in [0.29, 0.717) is 12.0 Å². The van der Waals surface area contributed by atoms with Gasteiger partial charge in [-0.25, -0.2) is 9.97 Å². The van der Waals surface area contributed by atoms with Gasteiger partial charge in [0.25, 0.3) is 0 Å². The zero-order chi connectivity index (χ0) is 20.5. The highest BCUT2D eigenvalue weighted by molar-refractivity contribution is 14.0. The molecule has 9 heteroatoms. The summed E-state index contributed by atoms with van der Waals surface area (Å²) in [6.45, 7) is 12.9. The summed E-state index contributed by atoms with van der Waals surface area (Å²) in [5.41, 5.74) is 0. The molecule has 0 radical (unpaired) electrons. The summed E-state index contributed by atoms with van der Waals surface area (Å²) in [4.78, 5) is 20.5. The molecule has 1 unspecified atom stereocenters. The fourth-order valence-electron chi connectivity index (χ4n) is 4.44. The van der Waals surface area contributed by atoms with Gasteiger partial charge < -0.3 is 19.9 Å². The Morgan fingerprint density at radius 3 is 2.27 bits per heavy atom. The Kier molecular flexibility index (Phi) is 11.1. The molecule has 3 rings (SSSR count). The first-order valence-electron chi connectivity index (χ1n) is 11.1. The fraction of sp³-hybridized carbons (Fsp3) is 0.762. The second-order valence-corrected chi connectivity index (χ2v) is 7.74. The van der Waals surface area contributed by atoms with E-state index in [2.05, 4.69) is 48.8 Å². The number of rotatable bonds is 7. The molecule has 2 fully saturated rings. The molecule has 0 aromatic carbocycles. The fourth-order valence-corrected chi connectivity index (χ4v) is 4.44. The monoisotopic (exact) mass is 531 g/mol. The molecule has 170 valence electrons. The summed E-state index contributed by atoms with van der Waals surface area (Å²) < 4.78 is 5.58. The van der Waals surface area contributed by atoms with E-state index in [-0.39, 0.29) is 24.0 Å². The lowest BCUT2D eigenvalue weighted by molar-refractivity contribution is 0.00259. The standard InChI is InChI=1S/C21H37N7O.HI/c1-4-18(5-2)19(26-13-15-29-16-14-26)17-25-20(22-3)27-9-11-28(12-10-27)21-23-7-6-8-24-21;/h6-8,18-19H,4-5,9-17H2,1-3H3,(H,22,25);1H. The number of hydrogen-bond acceptors (Lipinski definition) is 6. The number of nitrogens with zero attached hydrogens (tertiary/aromatic N) is 6. The van der Waals surface area contributed by atoms with Crippen molar-refractivity contribution < 1.29 is 4.74 Å². The summed E-state index contributed by atoms with van der Waals surface area (Å²) in [6.07, 6.45) is 6.01. The van der Waals surface area contributed by atoms with Crippen LogP contribution in [0.15, 0.2) is 23.5 Å². The van der Waals surface area contributed by atoms with Crippen LogP contribution in [0, 0.1) is 5.92 Å². The molecule has 1 atom stereocenters. The lowest BCUT2D eigenvalue weighted by Gasteiger charge is -2.40. The average Bonchev–Trinajstić information content (AvgIpc) is 2.80. The number of nitrogens with one attached hydrogen (secondary N) is 1. The number of ether oxygens (including phenoxy) is 1. The smallest absolute Gasteiger partial charge is 0.225 e. The molecule has 1 aromatic heterocycles. The maximum atomic E-state index is 5.58. The molecular formula is C21H38IN7O. The number of aliphatic imine (C=N–C) groups is 1. The number of piperazine rings is 1. The molecule has 2 aliphatic rings. The summed E-state index contributed by atoms with van der Waals surface area (Å²) in [5.74, 6) is 2.50. The van der Waals surface area contributed by atoms with Crippen LogP contribution in [-0.4, -0.2) is 97.8 Å². The maximum Gasteiger partial charge on any atom is 0.225 e. The molecule has 2 saturated heterocycles. The highest BCUT2D eigenvalue weighted by Gasteiger charge is 2.28. The second kappa shape index (κ2) is 13.3. The molecule has 1 aromatic rings. The molecule has 0 aliphatic carbocycles. The number of aromatic nitrogens is 2. The number of halogens is 1. The van der Waals surface area contributed by atoms with Gasteiger partial charge in [0.2, 0.25) is 5.95 Å². The Bertz CT molecular complexity index is 615. The van der Waals surface area contributed by atoms with Crippen LogP contribution in [0.4, 0.5) is 5.95 Å². The van der Waals surface area contributed by atoms with E-state index in [1.54, 1.807) is 12.4 Å². The Labute approximate surface area is 198 Å². The van der Waals surface area contributed by atoms with Crippen molar-refractivity contribution in [1.82, 2.24) is 25.1 Å². The van der Waals surface area contributed by atoms with Gasteiger partial charge in [0.1, 0.15) is 0 Å². The number of hydrogen-bond donors (Lipinski definition) is 1. The van der Waals surface area contributed by atoms with Crippen LogP contribution >= 0.6 is 24.0 Å². The van der Waals surface area contributed by atoms with Gasteiger partial charge in [0.05, 0.1) is 13.2 Å². The third kappa shape index (κ3) is 6.65. The minimum absolute atomic E-state index is 0. The van der Waals surface area contributed by atoms with Gasteiger partial charge in [-0.2, -0.15) is 0 Å². The molecule has 0 bridgehead atoms. The maximum absolute atomic E-state index is 5.58. The van der Waals surface area contributed by atoms with E-state index in [1.807, 2.05) is 13.1 Å². The van der Waals surface area contributed by atoms with Crippen molar-refractivity contribution in [2.24, 2.45) is 10.9 Å². The molecule has 3 heterocycles. The van der Waals surface area contributed by atoms with Crippen LogP contribution in [0.1, 0.15) is 26.7 Å². The normalized spacial score (nSPS) is 19.5. The zero-order valence-corrected chi connectivity index (χ0v) is 21.0. The van der Waals surface area contributed by atoms with Crippen molar-refractivity contribution >= 4 is 35.9 Å². The molecule has 30 heavy (non-hydrogen) atoms. The molecular weight excluding hydrogens is 493 g/mol. The molecule has 0 spiro atoms. The SMILES string of the molecule is CCC(CC)C(CNC(=NC)N1CCN(c2ncccn2)CC1)N1CCOCC1.I. The van der Waals surface area contributed by atoms with Crippen molar-refractivity contribution in [2.45, 2.75) is 32.7 Å². The van der Waals surface area contributed by atoms with Crippen LogP contribution in [0.5, 0.6) is 0 Å². The second-order valence-electron chi connectivity index (χ2n) is 7.74. The quantitative estimate of drug-likeness (QED) is 0.328. The molecule has 0 amide bonds. The van der Waals surface area contributed by atoms with Gasteiger partial charge in [-0.05, 0) is 12.0 Å². The first-order chi connectivity index (χ1) is 14.3. The van der Waals surface area contributed by atoms with E-state index in [1.165, 1.54) is 12.8 Å². The Balaban J connectivity index is 0.00000320. The van der Waals surface area contributed by atoms with E-state index in [9.17, 15) is 0 Å². The predicted octanol–water partition coefficient (Wildman–Crippen LogP) is 1.93.